The van der Waals surface area contributed by atoms with Crippen LogP contribution in [0.25, 0.3) is 0 Å². The molecule has 0 saturated heterocycles. The van der Waals surface area contributed by atoms with Crippen molar-refractivity contribution in [2.75, 3.05) is 13.1 Å². The van der Waals surface area contributed by atoms with Crippen LogP contribution < -0.4 is 16.0 Å². The average Bonchev–Trinajstić information content (AvgIpc) is 2.71. The molecule has 35 heavy (non-hydrogen) atoms. The van der Waals surface area contributed by atoms with E-state index in [-0.39, 0.29) is 5.96 Å². The van der Waals surface area contributed by atoms with Gasteiger partial charge in [-0.2, -0.15) is 0 Å². The van der Waals surface area contributed by atoms with Gasteiger partial charge in [0.1, 0.15) is 11.2 Å². The van der Waals surface area contributed by atoms with E-state index in [9.17, 15) is 9.59 Å². The lowest BCUT2D eigenvalue weighted by Crippen LogP contribution is -2.47. The van der Waals surface area contributed by atoms with Crippen molar-refractivity contribution in [1.82, 2.24) is 16.0 Å². The van der Waals surface area contributed by atoms with Gasteiger partial charge in [-0.1, -0.05) is 23.7 Å². The highest BCUT2D eigenvalue weighted by Crippen LogP contribution is 2.28. The van der Waals surface area contributed by atoms with Gasteiger partial charge in [-0.3, -0.25) is 15.6 Å². The van der Waals surface area contributed by atoms with E-state index in [1.165, 1.54) is 5.56 Å². The monoisotopic (exact) mass is 508 g/mol. The molecule has 2 rings (SSSR count). The summed E-state index contributed by atoms with van der Waals surface area (Å²) in [7, 11) is 0. The molecule has 1 fully saturated rings. The first kappa shape index (κ1) is 28.9. The van der Waals surface area contributed by atoms with Gasteiger partial charge in [0.15, 0.2) is 0 Å². The number of guanidine groups is 1. The molecule has 2 amide bonds. The number of carbonyl (C=O) groups is 2. The molecule has 0 spiro atoms. The number of benzene rings is 1. The second-order valence-corrected chi connectivity index (χ2v) is 11.5. The summed E-state index contributed by atoms with van der Waals surface area (Å²) in [4.78, 5) is 28.9. The van der Waals surface area contributed by atoms with Gasteiger partial charge < -0.3 is 14.8 Å². The number of hydrogen-bond acceptors (Lipinski definition) is 6. The number of amides is 2. The molecule has 1 aliphatic rings. The quantitative estimate of drug-likeness (QED) is 0.341. The van der Waals surface area contributed by atoms with E-state index < -0.39 is 23.4 Å². The Balaban J connectivity index is 1.83. The second kappa shape index (κ2) is 13.1. The minimum Gasteiger partial charge on any atom is -0.444 e. The number of hydrogen-bond donors (Lipinski definition) is 3. The topological polar surface area (TPSA) is 101 Å². The Morgan fingerprint density at radius 2 is 1.37 bits per heavy atom. The van der Waals surface area contributed by atoms with Gasteiger partial charge in [0.05, 0.1) is 0 Å². The van der Waals surface area contributed by atoms with Crippen molar-refractivity contribution >= 4 is 29.7 Å². The van der Waals surface area contributed by atoms with Crippen LogP contribution in [0, 0.1) is 11.8 Å². The maximum Gasteiger partial charge on any atom is 0.414 e. The molecule has 9 heteroatoms. The van der Waals surface area contributed by atoms with E-state index >= 15 is 0 Å². The maximum atomic E-state index is 12.2. The number of nitrogens with zero attached hydrogens (tertiary/aromatic N) is 1. The molecule has 0 bridgehead atoms. The summed E-state index contributed by atoms with van der Waals surface area (Å²) in [6.07, 6.45) is 2.96. The standard InChI is InChI=1S/C26H41ClN4O4/c1-25(2,3)34-23(32)30-22(31-24(33)35-26(4,5)6)29-17-20-9-7-18(8-10-20)15-28-16-19-11-13-21(27)14-12-19/h11-14,18,20,28H,7-10,15-17H2,1-6H3,(H2,29,30,31,32,33). The van der Waals surface area contributed by atoms with Crippen molar-refractivity contribution in [2.24, 2.45) is 16.8 Å². The van der Waals surface area contributed by atoms with Crippen LogP contribution in [-0.2, 0) is 16.0 Å². The molecule has 0 aliphatic heterocycles. The fourth-order valence-electron chi connectivity index (χ4n) is 3.77. The zero-order valence-corrected chi connectivity index (χ0v) is 22.6. The van der Waals surface area contributed by atoms with E-state index in [4.69, 9.17) is 21.1 Å². The third kappa shape index (κ3) is 12.8. The summed E-state index contributed by atoms with van der Waals surface area (Å²) in [6.45, 7) is 12.9. The summed E-state index contributed by atoms with van der Waals surface area (Å²) in [6, 6.07) is 7.90. The Hall–Kier alpha value is -2.32. The molecule has 0 atom stereocenters. The third-order valence-corrected chi connectivity index (χ3v) is 5.64. The zero-order valence-electron chi connectivity index (χ0n) is 21.9. The minimum absolute atomic E-state index is 0.0419. The van der Waals surface area contributed by atoms with Crippen molar-refractivity contribution in [3.8, 4) is 0 Å². The van der Waals surface area contributed by atoms with Crippen molar-refractivity contribution in [3.05, 3.63) is 34.9 Å². The van der Waals surface area contributed by atoms with E-state index in [1.54, 1.807) is 41.5 Å². The van der Waals surface area contributed by atoms with Gasteiger partial charge in [0, 0.05) is 18.1 Å². The molecule has 0 radical (unpaired) electrons. The number of nitrogens with one attached hydrogen (secondary N) is 3. The highest BCUT2D eigenvalue weighted by atomic mass is 35.5. The van der Waals surface area contributed by atoms with Crippen molar-refractivity contribution in [2.45, 2.75) is 85.0 Å². The fraction of sp³-hybridized carbons (Fsp3) is 0.654. The van der Waals surface area contributed by atoms with Crippen LogP contribution >= 0.6 is 11.6 Å². The first-order chi connectivity index (χ1) is 16.3. The zero-order chi connectivity index (χ0) is 26.1. The molecule has 1 aromatic carbocycles. The van der Waals surface area contributed by atoms with Gasteiger partial charge in [-0.15, -0.1) is 0 Å². The number of rotatable bonds is 6. The van der Waals surface area contributed by atoms with Crippen LogP contribution in [0.3, 0.4) is 0 Å². The fourth-order valence-corrected chi connectivity index (χ4v) is 3.90. The van der Waals surface area contributed by atoms with Crippen LogP contribution in [0.15, 0.2) is 29.3 Å². The predicted octanol–water partition coefficient (Wildman–Crippen LogP) is 5.64. The summed E-state index contributed by atoms with van der Waals surface area (Å²) >= 11 is 5.94. The van der Waals surface area contributed by atoms with Crippen LogP contribution in [0.2, 0.25) is 5.02 Å². The largest absolute Gasteiger partial charge is 0.444 e. The van der Waals surface area contributed by atoms with E-state index in [1.807, 2.05) is 24.3 Å². The van der Waals surface area contributed by atoms with Gasteiger partial charge >= 0.3 is 12.2 Å². The lowest BCUT2D eigenvalue weighted by Gasteiger charge is -2.28. The molecule has 8 nitrogen and oxygen atoms in total. The highest BCUT2D eigenvalue weighted by Gasteiger charge is 2.23. The summed E-state index contributed by atoms with van der Waals surface area (Å²) in [5.74, 6) is 1.06. The smallest absolute Gasteiger partial charge is 0.414 e. The third-order valence-electron chi connectivity index (χ3n) is 5.39. The van der Waals surface area contributed by atoms with E-state index in [2.05, 4.69) is 20.9 Å². The molecule has 3 N–H and O–H groups in total. The molecule has 0 aromatic heterocycles. The normalized spacial score (nSPS) is 18.4. The summed E-state index contributed by atoms with van der Waals surface area (Å²) < 4.78 is 10.6. The Morgan fingerprint density at radius 1 is 0.886 bits per heavy atom. The van der Waals surface area contributed by atoms with Crippen molar-refractivity contribution < 1.29 is 19.1 Å². The first-order valence-corrected chi connectivity index (χ1v) is 12.7. The molecular formula is C26H41ClN4O4. The lowest BCUT2D eigenvalue weighted by atomic mass is 9.82. The average molecular weight is 509 g/mol. The first-order valence-electron chi connectivity index (χ1n) is 12.3. The molecule has 196 valence electrons. The molecule has 0 unspecified atom stereocenters. The van der Waals surface area contributed by atoms with Gasteiger partial charge in [-0.05, 0) is 103 Å². The van der Waals surface area contributed by atoms with E-state index in [0.717, 1.165) is 43.8 Å². The van der Waals surface area contributed by atoms with Gasteiger partial charge in [-0.25, -0.2) is 9.59 Å². The SMILES string of the molecule is CC(C)(C)OC(=O)NC(=NCC1CCC(CNCc2ccc(Cl)cc2)CC1)NC(=O)OC(C)(C)C. The summed E-state index contributed by atoms with van der Waals surface area (Å²) in [5.41, 5.74) is -0.109. The van der Waals surface area contributed by atoms with Crippen molar-refractivity contribution in [3.63, 3.8) is 0 Å². The highest BCUT2D eigenvalue weighted by molar-refractivity contribution is 6.30. The molecule has 0 heterocycles. The Bertz CT molecular complexity index is 820. The molecular weight excluding hydrogens is 468 g/mol. The maximum absolute atomic E-state index is 12.2. The Morgan fingerprint density at radius 3 is 1.86 bits per heavy atom. The van der Waals surface area contributed by atoms with E-state index in [0.29, 0.717) is 18.4 Å². The number of aliphatic imine (C=N–C) groups is 1. The Labute approximate surface area is 214 Å². The minimum atomic E-state index is -0.678. The van der Waals surface area contributed by atoms with Crippen LogP contribution in [0.1, 0.15) is 72.8 Å². The van der Waals surface area contributed by atoms with Gasteiger partial charge in [0.25, 0.3) is 0 Å². The van der Waals surface area contributed by atoms with Crippen molar-refractivity contribution in [1.29, 1.82) is 0 Å². The lowest BCUT2D eigenvalue weighted by molar-refractivity contribution is 0.0545. The molecule has 1 aliphatic carbocycles. The Kier molecular flexibility index (Phi) is 10.8. The number of carbonyl (C=O) groups excluding carboxylic acids is 2. The molecule has 1 aromatic rings. The number of halogens is 1. The summed E-state index contributed by atoms with van der Waals surface area (Å²) in [5, 5.41) is 9.38. The van der Waals surface area contributed by atoms with Crippen LogP contribution in [-0.4, -0.2) is 42.4 Å². The predicted molar refractivity (Wildman–Crippen MR) is 140 cm³/mol. The number of ether oxygens (including phenoxy) is 2. The second-order valence-electron chi connectivity index (χ2n) is 11.1. The van der Waals surface area contributed by atoms with Crippen LogP contribution in [0.4, 0.5) is 9.59 Å². The van der Waals surface area contributed by atoms with Crippen LogP contribution in [0.5, 0.6) is 0 Å². The molecule has 1 saturated carbocycles. The number of alkyl carbamates (subject to hydrolysis) is 2. The van der Waals surface area contributed by atoms with Gasteiger partial charge in [0.2, 0.25) is 5.96 Å².